The summed E-state index contributed by atoms with van der Waals surface area (Å²) < 4.78 is 14.2. The van der Waals surface area contributed by atoms with E-state index in [0.717, 1.165) is 25.7 Å². The van der Waals surface area contributed by atoms with Gasteiger partial charge in [-0.25, -0.2) is 0 Å². The average molecular weight is 435 g/mol. The van der Waals surface area contributed by atoms with Gasteiger partial charge in [-0.2, -0.15) is 0 Å². The molecule has 1 aliphatic rings. The fourth-order valence-electron chi connectivity index (χ4n) is 4.17. The van der Waals surface area contributed by atoms with Crippen molar-refractivity contribution in [3.63, 3.8) is 0 Å². The third kappa shape index (κ3) is 4.98. The number of hydrogen-bond acceptors (Lipinski definition) is 2. The SMILES string of the molecule is CCCCC#C[Si@@]1(C(C)(C)C)O[C@H](C(C)C)CC(c2ccccc2)(c2ccccc2)O1. The maximum atomic E-state index is 7.30. The molecule has 0 aromatic heterocycles. The predicted molar refractivity (Wildman–Crippen MR) is 132 cm³/mol. The summed E-state index contributed by atoms with van der Waals surface area (Å²) in [6.07, 6.45) is 4.02. The minimum atomic E-state index is -2.92. The van der Waals surface area contributed by atoms with E-state index in [4.69, 9.17) is 8.85 Å². The zero-order valence-electron chi connectivity index (χ0n) is 20.1. The molecule has 0 unspecified atom stereocenters. The van der Waals surface area contributed by atoms with Gasteiger partial charge in [0.25, 0.3) is 0 Å². The fraction of sp³-hybridized carbons (Fsp3) is 0.500. The predicted octanol–water partition coefficient (Wildman–Crippen LogP) is 7.37. The summed E-state index contributed by atoms with van der Waals surface area (Å²) in [6, 6.07) is 21.4. The lowest BCUT2D eigenvalue weighted by Gasteiger charge is -2.53. The monoisotopic (exact) mass is 434 g/mol. The van der Waals surface area contributed by atoms with E-state index in [1.54, 1.807) is 0 Å². The van der Waals surface area contributed by atoms with Crippen molar-refractivity contribution in [2.75, 3.05) is 0 Å². The molecule has 1 aliphatic heterocycles. The van der Waals surface area contributed by atoms with E-state index < -0.39 is 14.2 Å². The van der Waals surface area contributed by atoms with Crippen LogP contribution < -0.4 is 0 Å². The molecular formula is C28H38O2Si. The number of hydrogen-bond donors (Lipinski definition) is 0. The molecule has 0 spiro atoms. The summed E-state index contributed by atoms with van der Waals surface area (Å²) in [4.78, 5) is 0. The van der Waals surface area contributed by atoms with E-state index in [2.05, 4.69) is 114 Å². The van der Waals surface area contributed by atoms with Crippen molar-refractivity contribution >= 4 is 8.56 Å². The highest BCUT2D eigenvalue weighted by Gasteiger charge is 2.60. The first kappa shape index (κ1) is 23.8. The fourth-order valence-corrected chi connectivity index (χ4v) is 7.31. The summed E-state index contributed by atoms with van der Waals surface area (Å²) >= 11 is 0. The first-order chi connectivity index (χ1) is 14.7. The smallest absolute Gasteiger partial charge is 0.381 e. The molecule has 0 N–H and O–H groups in total. The molecule has 0 aliphatic carbocycles. The summed E-state index contributed by atoms with van der Waals surface area (Å²) in [7, 11) is -2.92. The van der Waals surface area contributed by atoms with Crippen LogP contribution in [0.3, 0.4) is 0 Å². The number of benzene rings is 2. The van der Waals surface area contributed by atoms with Gasteiger partial charge < -0.3 is 8.85 Å². The first-order valence-corrected chi connectivity index (χ1v) is 13.5. The zero-order chi connectivity index (χ0) is 22.5. The Labute approximate surface area is 190 Å². The molecule has 0 bridgehead atoms. The first-order valence-electron chi connectivity index (χ1n) is 11.7. The van der Waals surface area contributed by atoms with E-state index in [-0.39, 0.29) is 11.1 Å². The van der Waals surface area contributed by atoms with Crippen LogP contribution in [0.1, 0.15) is 78.4 Å². The second-order valence-electron chi connectivity index (χ2n) is 10.0. The molecule has 0 radical (unpaired) electrons. The van der Waals surface area contributed by atoms with Crippen LogP contribution >= 0.6 is 0 Å². The van der Waals surface area contributed by atoms with Gasteiger partial charge in [0.2, 0.25) is 0 Å². The molecule has 1 fully saturated rings. The van der Waals surface area contributed by atoms with E-state index in [1.165, 1.54) is 11.1 Å². The van der Waals surface area contributed by atoms with Gasteiger partial charge >= 0.3 is 8.56 Å². The topological polar surface area (TPSA) is 18.5 Å². The standard InChI is InChI=1S/C28H38O2Si/c1-7-8-9-16-21-31(27(4,5)6)29-26(23(2)3)22-28(30-31,24-17-12-10-13-18-24)25-19-14-11-15-20-25/h10-15,17-20,23,26H,7-9,22H2,1-6H3/t26-,31+/m0/s1. The van der Waals surface area contributed by atoms with Crippen molar-refractivity contribution in [3.05, 3.63) is 71.8 Å². The molecule has 3 heteroatoms. The average Bonchev–Trinajstić information content (AvgIpc) is 2.77. The Kier molecular flexibility index (Phi) is 7.47. The van der Waals surface area contributed by atoms with Gasteiger partial charge in [0.05, 0.1) is 6.10 Å². The highest BCUT2D eigenvalue weighted by Crippen LogP contribution is 2.52. The molecule has 166 valence electrons. The van der Waals surface area contributed by atoms with Crippen LogP contribution in [0.4, 0.5) is 0 Å². The van der Waals surface area contributed by atoms with Crippen LogP contribution in [0.15, 0.2) is 60.7 Å². The third-order valence-corrected chi connectivity index (χ3v) is 9.99. The highest BCUT2D eigenvalue weighted by molar-refractivity contribution is 6.78. The lowest BCUT2D eigenvalue weighted by Crippen LogP contribution is -2.62. The van der Waals surface area contributed by atoms with Crippen molar-refractivity contribution < 1.29 is 8.85 Å². The van der Waals surface area contributed by atoms with Gasteiger partial charge in [0.1, 0.15) is 5.60 Å². The molecule has 2 atom stereocenters. The van der Waals surface area contributed by atoms with Gasteiger partial charge in [-0.3, -0.25) is 0 Å². The van der Waals surface area contributed by atoms with Gasteiger partial charge in [0, 0.05) is 17.9 Å². The Bertz CT molecular complexity index is 850. The molecule has 0 saturated carbocycles. The quantitative estimate of drug-likeness (QED) is 0.278. The molecule has 1 saturated heterocycles. The maximum absolute atomic E-state index is 7.30. The Morgan fingerprint density at radius 1 is 1.00 bits per heavy atom. The Morgan fingerprint density at radius 3 is 2.00 bits per heavy atom. The second kappa shape index (κ2) is 9.73. The van der Waals surface area contributed by atoms with Crippen molar-refractivity contribution in [1.29, 1.82) is 0 Å². The minimum Gasteiger partial charge on any atom is -0.381 e. The molecule has 2 nitrogen and oxygen atoms in total. The lowest BCUT2D eigenvalue weighted by atomic mass is 9.80. The molecule has 2 aromatic carbocycles. The van der Waals surface area contributed by atoms with E-state index in [0.29, 0.717) is 5.92 Å². The molecule has 1 heterocycles. The second-order valence-corrected chi connectivity index (χ2v) is 13.5. The van der Waals surface area contributed by atoms with Crippen LogP contribution in [-0.2, 0) is 14.5 Å². The maximum Gasteiger partial charge on any atom is 0.430 e. The van der Waals surface area contributed by atoms with Crippen LogP contribution in [-0.4, -0.2) is 14.7 Å². The Morgan fingerprint density at radius 2 is 1.55 bits per heavy atom. The van der Waals surface area contributed by atoms with Crippen molar-refractivity contribution in [2.45, 2.75) is 84.0 Å². The molecular weight excluding hydrogens is 396 g/mol. The van der Waals surface area contributed by atoms with Gasteiger partial charge in [-0.1, -0.05) is 114 Å². The highest BCUT2D eigenvalue weighted by atomic mass is 28.4. The summed E-state index contributed by atoms with van der Waals surface area (Å²) in [5.41, 5.74) is 5.45. The number of unbranched alkanes of at least 4 members (excludes halogenated alkanes) is 2. The van der Waals surface area contributed by atoms with E-state index in [1.807, 2.05) is 0 Å². The minimum absolute atomic E-state index is 0.0838. The molecule has 3 rings (SSSR count). The number of rotatable bonds is 5. The van der Waals surface area contributed by atoms with E-state index >= 15 is 0 Å². The van der Waals surface area contributed by atoms with Crippen molar-refractivity contribution in [3.8, 4) is 11.5 Å². The van der Waals surface area contributed by atoms with Gasteiger partial charge in [-0.05, 0) is 23.5 Å². The van der Waals surface area contributed by atoms with Gasteiger partial charge in [-0.15, -0.1) is 5.92 Å². The van der Waals surface area contributed by atoms with Crippen molar-refractivity contribution in [2.24, 2.45) is 5.92 Å². The van der Waals surface area contributed by atoms with Crippen LogP contribution in [0.2, 0.25) is 5.04 Å². The molecule has 31 heavy (non-hydrogen) atoms. The lowest BCUT2D eigenvalue weighted by molar-refractivity contribution is -0.0690. The molecule has 0 amide bonds. The van der Waals surface area contributed by atoms with Crippen LogP contribution in [0, 0.1) is 17.4 Å². The Balaban J connectivity index is 2.23. The Hall–Kier alpha value is -1.86. The summed E-state index contributed by atoms with van der Waals surface area (Å²) in [5.74, 6) is 3.84. The largest absolute Gasteiger partial charge is 0.430 e. The van der Waals surface area contributed by atoms with Crippen LogP contribution in [0.5, 0.6) is 0 Å². The van der Waals surface area contributed by atoms with E-state index in [9.17, 15) is 0 Å². The summed E-state index contributed by atoms with van der Waals surface area (Å²) in [6.45, 7) is 13.4. The summed E-state index contributed by atoms with van der Waals surface area (Å²) in [5, 5.41) is -0.186. The third-order valence-electron chi connectivity index (χ3n) is 6.24. The molecule has 2 aromatic rings. The van der Waals surface area contributed by atoms with Crippen molar-refractivity contribution in [1.82, 2.24) is 0 Å². The van der Waals surface area contributed by atoms with Crippen LogP contribution in [0.25, 0.3) is 0 Å². The van der Waals surface area contributed by atoms with Gasteiger partial charge in [0.15, 0.2) is 0 Å². The normalized spacial score (nSPS) is 23.3. The zero-order valence-corrected chi connectivity index (χ0v) is 21.1.